The second kappa shape index (κ2) is 10.3. The van der Waals surface area contributed by atoms with Crippen LogP contribution in [0.1, 0.15) is 25.3 Å². The Bertz CT molecular complexity index is 953. The highest BCUT2D eigenvalue weighted by molar-refractivity contribution is 7.98. The smallest absolute Gasteiger partial charge is 0.243 e. The molecular formula is C22H28N2O4S2. The molecule has 1 aliphatic heterocycles. The molecule has 0 aromatic heterocycles. The van der Waals surface area contributed by atoms with Crippen molar-refractivity contribution < 1.29 is 17.9 Å². The Labute approximate surface area is 183 Å². The molecule has 1 saturated heterocycles. The van der Waals surface area contributed by atoms with E-state index in [1.807, 2.05) is 49.6 Å². The van der Waals surface area contributed by atoms with Crippen molar-refractivity contribution in [3.63, 3.8) is 0 Å². The molecule has 6 nitrogen and oxygen atoms in total. The highest BCUT2D eigenvalue weighted by Gasteiger charge is 2.32. The van der Waals surface area contributed by atoms with Crippen molar-refractivity contribution in [2.75, 3.05) is 26.0 Å². The Balaban J connectivity index is 1.53. The second-order valence-electron chi connectivity index (χ2n) is 7.15. The third kappa shape index (κ3) is 5.56. The van der Waals surface area contributed by atoms with Gasteiger partial charge in [0.05, 0.1) is 11.5 Å². The first-order chi connectivity index (χ1) is 14.4. The molecule has 0 bridgehead atoms. The summed E-state index contributed by atoms with van der Waals surface area (Å²) >= 11 is 1.57. The molecule has 8 heteroatoms. The molecule has 1 aliphatic rings. The topological polar surface area (TPSA) is 75.7 Å². The number of amides is 1. The first-order valence-electron chi connectivity index (χ1n) is 10.1. The van der Waals surface area contributed by atoms with Crippen LogP contribution in [-0.4, -0.2) is 44.6 Å². The molecule has 0 aliphatic carbocycles. The number of ether oxygens (including phenoxy) is 1. The minimum atomic E-state index is -3.52. The van der Waals surface area contributed by atoms with E-state index in [0.29, 0.717) is 44.0 Å². The molecule has 0 saturated carbocycles. The quantitative estimate of drug-likeness (QED) is 0.626. The summed E-state index contributed by atoms with van der Waals surface area (Å²) in [5, 5.41) is 2.97. The fourth-order valence-corrected chi connectivity index (χ4v) is 5.38. The van der Waals surface area contributed by atoms with E-state index in [9.17, 15) is 13.2 Å². The summed E-state index contributed by atoms with van der Waals surface area (Å²) < 4.78 is 32.7. The lowest BCUT2D eigenvalue weighted by Crippen LogP contribution is -2.42. The van der Waals surface area contributed by atoms with Crippen molar-refractivity contribution in [2.45, 2.75) is 36.1 Å². The van der Waals surface area contributed by atoms with Crippen LogP contribution in [0, 0.1) is 5.92 Å². The Morgan fingerprint density at radius 1 is 1.17 bits per heavy atom. The Kier molecular flexibility index (Phi) is 7.80. The van der Waals surface area contributed by atoms with Gasteiger partial charge < -0.3 is 10.1 Å². The van der Waals surface area contributed by atoms with Gasteiger partial charge in [-0.1, -0.05) is 12.1 Å². The molecule has 162 valence electrons. The summed E-state index contributed by atoms with van der Waals surface area (Å²) in [7, 11) is -3.52. The van der Waals surface area contributed by atoms with Crippen LogP contribution < -0.4 is 10.1 Å². The lowest BCUT2D eigenvalue weighted by molar-refractivity contribution is -0.126. The predicted octanol–water partition coefficient (Wildman–Crippen LogP) is 3.52. The number of thioether (sulfide) groups is 1. The van der Waals surface area contributed by atoms with Crippen molar-refractivity contribution in [3.8, 4) is 5.75 Å². The van der Waals surface area contributed by atoms with Crippen LogP contribution >= 0.6 is 11.8 Å². The molecule has 0 atom stereocenters. The fraction of sp³-hybridized carbons (Fsp3) is 0.409. The van der Waals surface area contributed by atoms with Gasteiger partial charge in [0.15, 0.2) is 0 Å². The minimum Gasteiger partial charge on any atom is -0.494 e. The molecule has 1 amide bonds. The Morgan fingerprint density at radius 3 is 2.50 bits per heavy atom. The molecule has 30 heavy (non-hydrogen) atoms. The Morgan fingerprint density at radius 2 is 1.87 bits per heavy atom. The number of hydrogen-bond acceptors (Lipinski definition) is 5. The number of nitrogens with one attached hydrogen (secondary N) is 1. The number of rotatable bonds is 8. The Hall–Kier alpha value is -2.03. The van der Waals surface area contributed by atoms with Gasteiger partial charge in [-0.25, -0.2) is 8.42 Å². The number of piperidine rings is 1. The SMILES string of the molecule is CCOc1cccc(CNC(=O)C2CCN(S(=O)(=O)c3ccc(SC)cc3)CC2)c1. The van der Waals surface area contributed by atoms with Gasteiger partial charge in [0, 0.05) is 30.4 Å². The van der Waals surface area contributed by atoms with Gasteiger partial charge in [-0.15, -0.1) is 11.8 Å². The van der Waals surface area contributed by atoms with Gasteiger partial charge in [-0.05, 0) is 68.0 Å². The van der Waals surface area contributed by atoms with E-state index < -0.39 is 10.0 Å². The van der Waals surface area contributed by atoms with Crippen LogP contribution in [0.2, 0.25) is 0 Å². The molecule has 3 rings (SSSR count). The largest absolute Gasteiger partial charge is 0.494 e. The molecule has 1 fully saturated rings. The zero-order chi connectivity index (χ0) is 21.6. The molecular weight excluding hydrogens is 420 g/mol. The van der Waals surface area contributed by atoms with Crippen molar-refractivity contribution in [3.05, 3.63) is 54.1 Å². The van der Waals surface area contributed by atoms with Gasteiger partial charge in [0.25, 0.3) is 0 Å². The van der Waals surface area contributed by atoms with Crippen LogP contribution in [-0.2, 0) is 21.4 Å². The number of nitrogens with zero attached hydrogens (tertiary/aromatic N) is 1. The highest BCUT2D eigenvalue weighted by atomic mass is 32.2. The molecule has 2 aromatic carbocycles. The average molecular weight is 449 g/mol. The van der Waals surface area contributed by atoms with Crippen LogP contribution in [0.4, 0.5) is 0 Å². The van der Waals surface area contributed by atoms with Gasteiger partial charge >= 0.3 is 0 Å². The van der Waals surface area contributed by atoms with E-state index in [-0.39, 0.29) is 11.8 Å². The molecule has 2 aromatic rings. The zero-order valence-corrected chi connectivity index (χ0v) is 19.0. The van der Waals surface area contributed by atoms with Gasteiger partial charge in [0.2, 0.25) is 15.9 Å². The van der Waals surface area contributed by atoms with Crippen LogP contribution in [0.5, 0.6) is 5.75 Å². The first-order valence-corrected chi connectivity index (χ1v) is 12.7. The predicted molar refractivity (Wildman–Crippen MR) is 119 cm³/mol. The van der Waals surface area contributed by atoms with E-state index in [0.717, 1.165) is 16.2 Å². The third-order valence-electron chi connectivity index (χ3n) is 5.20. The number of carbonyl (C=O) groups is 1. The standard InChI is InChI=1S/C22H28N2O4S2/c1-3-28-19-6-4-5-17(15-19)16-23-22(25)18-11-13-24(14-12-18)30(26,27)21-9-7-20(29-2)8-10-21/h4-10,15,18H,3,11-14,16H2,1-2H3,(H,23,25). The maximum Gasteiger partial charge on any atom is 0.243 e. The molecule has 1 heterocycles. The summed E-state index contributed by atoms with van der Waals surface area (Å²) in [6, 6.07) is 14.6. The van der Waals surface area contributed by atoms with E-state index >= 15 is 0 Å². The highest BCUT2D eigenvalue weighted by Crippen LogP contribution is 2.25. The van der Waals surface area contributed by atoms with Gasteiger partial charge in [-0.2, -0.15) is 4.31 Å². The van der Waals surface area contributed by atoms with Crippen molar-refractivity contribution in [1.29, 1.82) is 0 Å². The van der Waals surface area contributed by atoms with Crippen LogP contribution in [0.25, 0.3) is 0 Å². The van der Waals surface area contributed by atoms with Crippen LogP contribution in [0.3, 0.4) is 0 Å². The number of carbonyl (C=O) groups excluding carboxylic acids is 1. The fourth-order valence-electron chi connectivity index (χ4n) is 3.50. The summed E-state index contributed by atoms with van der Waals surface area (Å²) in [5.74, 6) is 0.580. The maximum absolute atomic E-state index is 12.9. The van der Waals surface area contributed by atoms with Gasteiger partial charge in [-0.3, -0.25) is 4.79 Å². The van der Waals surface area contributed by atoms with E-state index in [1.165, 1.54) is 4.31 Å². The monoisotopic (exact) mass is 448 g/mol. The zero-order valence-electron chi connectivity index (χ0n) is 17.3. The lowest BCUT2D eigenvalue weighted by Gasteiger charge is -2.30. The van der Waals surface area contributed by atoms with E-state index in [2.05, 4.69) is 5.32 Å². The van der Waals surface area contributed by atoms with E-state index in [4.69, 9.17) is 4.74 Å². The summed E-state index contributed by atoms with van der Waals surface area (Å²) in [6.45, 7) is 3.66. The molecule has 0 unspecified atom stereocenters. The van der Waals surface area contributed by atoms with Crippen molar-refractivity contribution >= 4 is 27.7 Å². The lowest BCUT2D eigenvalue weighted by atomic mass is 9.97. The summed E-state index contributed by atoms with van der Waals surface area (Å²) in [5.41, 5.74) is 0.975. The summed E-state index contributed by atoms with van der Waals surface area (Å²) in [4.78, 5) is 13.9. The maximum atomic E-state index is 12.9. The summed E-state index contributed by atoms with van der Waals surface area (Å²) in [6.07, 6.45) is 2.99. The van der Waals surface area contributed by atoms with Gasteiger partial charge in [0.1, 0.15) is 5.75 Å². The van der Waals surface area contributed by atoms with Crippen LogP contribution in [0.15, 0.2) is 58.3 Å². The second-order valence-corrected chi connectivity index (χ2v) is 9.97. The number of benzene rings is 2. The normalized spacial score (nSPS) is 15.7. The minimum absolute atomic E-state index is 0.0295. The van der Waals surface area contributed by atoms with Crippen molar-refractivity contribution in [1.82, 2.24) is 9.62 Å². The number of hydrogen-bond donors (Lipinski definition) is 1. The molecule has 0 spiro atoms. The third-order valence-corrected chi connectivity index (χ3v) is 7.85. The molecule has 0 radical (unpaired) electrons. The average Bonchev–Trinajstić information content (AvgIpc) is 2.78. The van der Waals surface area contributed by atoms with Crippen molar-refractivity contribution in [2.24, 2.45) is 5.92 Å². The number of sulfonamides is 1. The molecule has 1 N–H and O–H groups in total. The first kappa shape index (κ1) is 22.7. The van der Waals surface area contributed by atoms with E-state index in [1.54, 1.807) is 23.9 Å².